The number of aromatic nitrogens is 5. The van der Waals surface area contributed by atoms with E-state index in [2.05, 4.69) is 20.6 Å². The van der Waals surface area contributed by atoms with E-state index >= 15 is 0 Å². The summed E-state index contributed by atoms with van der Waals surface area (Å²) in [6.45, 7) is 3.10. The number of rotatable bonds is 3. The molecule has 2 aromatic heterocycles. The van der Waals surface area contributed by atoms with Gasteiger partial charge < -0.3 is 11.1 Å². The van der Waals surface area contributed by atoms with Gasteiger partial charge in [0.1, 0.15) is 12.4 Å². The average molecular weight is 313 g/mol. The monoisotopic (exact) mass is 313 g/mol. The third-order valence-corrected chi connectivity index (χ3v) is 3.24. The molecule has 0 aliphatic carbocycles. The van der Waals surface area contributed by atoms with Crippen LogP contribution < -0.4 is 11.1 Å². The molecule has 0 radical (unpaired) electrons. The summed E-state index contributed by atoms with van der Waals surface area (Å²) in [6, 6.07) is 5.20. The van der Waals surface area contributed by atoms with Crippen molar-refractivity contribution in [2.45, 2.75) is 20.4 Å². The minimum absolute atomic E-state index is 0.0245. The third-order valence-electron chi connectivity index (χ3n) is 3.24. The van der Waals surface area contributed by atoms with E-state index in [1.165, 1.54) is 22.4 Å². The number of amides is 1. The van der Waals surface area contributed by atoms with Crippen LogP contribution in [0.4, 0.5) is 11.5 Å². The van der Waals surface area contributed by atoms with Crippen molar-refractivity contribution in [2.24, 2.45) is 0 Å². The zero-order valence-corrected chi connectivity index (χ0v) is 12.6. The van der Waals surface area contributed by atoms with E-state index in [4.69, 9.17) is 5.73 Å². The Balaban J connectivity index is 1.87. The number of hydrogen-bond acceptors (Lipinski definition) is 6. The summed E-state index contributed by atoms with van der Waals surface area (Å²) < 4.78 is 2.87. The van der Waals surface area contributed by atoms with E-state index in [1.807, 2.05) is 0 Å². The molecule has 0 unspecified atom stereocenters. The molecule has 0 spiro atoms. The number of aryl methyl sites for hydroxylation is 1. The molecule has 1 aromatic carbocycles. The molecule has 0 aliphatic heterocycles. The van der Waals surface area contributed by atoms with E-state index < -0.39 is 0 Å². The molecule has 0 saturated heterocycles. The summed E-state index contributed by atoms with van der Waals surface area (Å²) in [5.74, 6) is 0.398. The van der Waals surface area contributed by atoms with Gasteiger partial charge in [0.2, 0.25) is 5.91 Å². The predicted molar refractivity (Wildman–Crippen MR) is 83.8 cm³/mol. The quantitative estimate of drug-likeness (QED) is 0.690. The Morgan fingerprint density at radius 2 is 2.13 bits per heavy atom. The fourth-order valence-electron chi connectivity index (χ4n) is 2.36. The van der Waals surface area contributed by atoms with Gasteiger partial charge in [-0.1, -0.05) is 5.21 Å². The van der Waals surface area contributed by atoms with Crippen LogP contribution in [0.5, 0.6) is 0 Å². The predicted octanol–water partition coefficient (Wildman–Crippen LogP) is 0.817. The van der Waals surface area contributed by atoms with Crippen LogP contribution in [0.15, 0.2) is 24.4 Å². The summed E-state index contributed by atoms with van der Waals surface area (Å²) in [6.07, 6.45) is 1.49. The van der Waals surface area contributed by atoms with E-state index in [0.717, 1.165) is 0 Å². The number of nitrogens with one attached hydrogen (secondary N) is 1. The Hall–Kier alpha value is -3.23. The number of nitrogens with zero attached hydrogens (tertiary/aromatic N) is 5. The fourth-order valence-corrected chi connectivity index (χ4v) is 2.36. The Morgan fingerprint density at radius 1 is 1.35 bits per heavy atom. The number of benzene rings is 1. The van der Waals surface area contributed by atoms with Crippen molar-refractivity contribution in [1.82, 2.24) is 24.5 Å². The van der Waals surface area contributed by atoms with Gasteiger partial charge in [-0.25, -0.2) is 9.67 Å². The molecule has 23 heavy (non-hydrogen) atoms. The molecule has 0 saturated carbocycles. The first kappa shape index (κ1) is 14.7. The fraction of sp³-hybridized carbons (Fsp3) is 0.214. The molecule has 1 amide bonds. The lowest BCUT2D eigenvalue weighted by Gasteiger charge is -2.05. The SMILES string of the molecule is CC(=O)Nc1cn(CC(=O)n2c(C)nc3cc(N)ccc32)nn1. The second-order valence-corrected chi connectivity index (χ2v) is 5.12. The second-order valence-electron chi connectivity index (χ2n) is 5.12. The number of hydrogen-bond donors (Lipinski definition) is 2. The minimum Gasteiger partial charge on any atom is -0.399 e. The third kappa shape index (κ3) is 2.89. The normalized spacial score (nSPS) is 10.9. The first-order valence-electron chi connectivity index (χ1n) is 6.89. The molecule has 0 aliphatic rings. The van der Waals surface area contributed by atoms with Gasteiger partial charge >= 0.3 is 0 Å². The maximum atomic E-state index is 12.5. The maximum absolute atomic E-state index is 12.5. The van der Waals surface area contributed by atoms with Gasteiger partial charge in [0.05, 0.1) is 17.2 Å². The highest BCUT2D eigenvalue weighted by Gasteiger charge is 2.15. The van der Waals surface area contributed by atoms with Crippen molar-refractivity contribution in [3.05, 3.63) is 30.2 Å². The highest BCUT2D eigenvalue weighted by Crippen LogP contribution is 2.19. The Kier molecular flexibility index (Phi) is 3.53. The van der Waals surface area contributed by atoms with Crippen LogP contribution in [0, 0.1) is 6.92 Å². The summed E-state index contributed by atoms with van der Waals surface area (Å²) in [7, 11) is 0. The summed E-state index contributed by atoms with van der Waals surface area (Å²) in [5, 5.41) is 10.1. The van der Waals surface area contributed by atoms with Gasteiger partial charge in [0.25, 0.3) is 5.91 Å². The first-order valence-corrected chi connectivity index (χ1v) is 6.89. The van der Waals surface area contributed by atoms with Crippen molar-refractivity contribution in [1.29, 1.82) is 0 Å². The largest absolute Gasteiger partial charge is 0.399 e. The van der Waals surface area contributed by atoms with Gasteiger partial charge in [0.15, 0.2) is 5.82 Å². The van der Waals surface area contributed by atoms with Crippen molar-refractivity contribution in [3.8, 4) is 0 Å². The lowest BCUT2D eigenvalue weighted by molar-refractivity contribution is -0.114. The highest BCUT2D eigenvalue weighted by atomic mass is 16.2. The summed E-state index contributed by atoms with van der Waals surface area (Å²) in [5.41, 5.74) is 7.67. The Bertz CT molecular complexity index is 909. The zero-order valence-electron chi connectivity index (χ0n) is 12.6. The van der Waals surface area contributed by atoms with Crippen LogP contribution in [0.1, 0.15) is 17.5 Å². The molecule has 9 heteroatoms. The lowest BCUT2D eigenvalue weighted by atomic mass is 10.3. The van der Waals surface area contributed by atoms with Crippen LogP contribution in [0.2, 0.25) is 0 Å². The van der Waals surface area contributed by atoms with Crippen LogP contribution in [-0.2, 0) is 11.3 Å². The molecule has 0 fully saturated rings. The summed E-state index contributed by atoms with van der Waals surface area (Å²) >= 11 is 0. The topological polar surface area (TPSA) is 121 Å². The molecule has 118 valence electrons. The Labute approximate surface area is 131 Å². The number of carbonyl (C=O) groups is 2. The van der Waals surface area contributed by atoms with Crippen molar-refractivity contribution in [2.75, 3.05) is 11.1 Å². The van der Waals surface area contributed by atoms with Gasteiger partial charge in [0, 0.05) is 12.6 Å². The molecule has 3 N–H and O–H groups in total. The lowest BCUT2D eigenvalue weighted by Crippen LogP contribution is -2.19. The van der Waals surface area contributed by atoms with E-state index in [1.54, 1.807) is 25.1 Å². The second kappa shape index (κ2) is 5.52. The zero-order chi connectivity index (χ0) is 16.6. The molecular formula is C14H15N7O2. The Morgan fingerprint density at radius 3 is 2.87 bits per heavy atom. The van der Waals surface area contributed by atoms with Crippen LogP contribution in [0.25, 0.3) is 11.0 Å². The first-order chi connectivity index (χ1) is 10.9. The molecule has 9 nitrogen and oxygen atoms in total. The molecule has 3 aromatic rings. The van der Waals surface area contributed by atoms with E-state index in [9.17, 15) is 9.59 Å². The minimum atomic E-state index is -0.252. The molecule has 0 bridgehead atoms. The van der Waals surface area contributed by atoms with Crippen LogP contribution >= 0.6 is 0 Å². The highest BCUT2D eigenvalue weighted by molar-refractivity contribution is 5.92. The van der Waals surface area contributed by atoms with Crippen LogP contribution in [0.3, 0.4) is 0 Å². The van der Waals surface area contributed by atoms with E-state index in [-0.39, 0.29) is 18.4 Å². The molecule has 0 atom stereocenters. The van der Waals surface area contributed by atoms with Gasteiger partial charge in [-0.05, 0) is 25.1 Å². The maximum Gasteiger partial charge on any atom is 0.254 e. The summed E-state index contributed by atoms with van der Waals surface area (Å²) in [4.78, 5) is 27.9. The van der Waals surface area contributed by atoms with Crippen molar-refractivity contribution in [3.63, 3.8) is 0 Å². The number of anilines is 2. The number of carbonyl (C=O) groups excluding carboxylic acids is 2. The smallest absolute Gasteiger partial charge is 0.254 e. The number of imidazole rings is 1. The van der Waals surface area contributed by atoms with Crippen molar-refractivity contribution < 1.29 is 9.59 Å². The van der Waals surface area contributed by atoms with Gasteiger partial charge in [-0.2, -0.15) is 0 Å². The molecular weight excluding hydrogens is 298 g/mol. The molecule has 2 heterocycles. The van der Waals surface area contributed by atoms with Gasteiger partial charge in [-0.3, -0.25) is 14.2 Å². The van der Waals surface area contributed by atoms with Crippen LogP contribution in [-0.4, -0.2) is 36.4 Å². The average Bonchev–Trinajstić information content (AvgIpc) is 3.00. The standard InChI is InChI=1S/C14H15N7O2/c1-8-16-11-5-10(15)3-4-12(11)21(8)14(23)7-20-6-13(18-19-20)17-9(2)22/h3-6H,7,15H2,1-2H3,(H,17,22). The number of nitrogens with two attached hydrogens (primary N) is 1. The molecule has 3 rings (SSSR count). The number of nitrogen functional groups attached to an aromatic ring is 1. The van der Waals surface area contributed by atoms with E-state index in [0.29, 0.717) is 28.4 Å². The van der Waals surface area contributed by atoms with Crippen molar-refractivity contribution >= 4 is 34.4 Å². The number of fused-ring (bicyclic) bond motifs is 1. The van der Waals surface area contributed by atoms with Gasteiger partial charge in [-0.15, -0.1) is 5.10 Å².